The number of fused-ring (bicyclic) bond motifs is 2. The number of benzene rings is 1. The Balaban J connectivity index is 1.47. The lowest BCUT2D eigenvalue weighted by Gasteiger charge is -2.08. The monoisotopic (exact) mass is 478 g/mol. The molecule has 6 aromatic rings. The van der Waals surface area contributed by atoms with Crippen LogP contribution in [0.1, 0.15) is 13.3 Å². The van der Waals surface area contributed by atoms with E-state index in [2.05, 4.69) is 35.5 Å². The number of nitrogens with zero attached hydrogens (tertiary/aromatic N) is 5. The molecule has 5 heterocycles. The number of hydrogen-bond acceptors (Lipinski definition) is 6. The van der Waals surface area contributed by atoms with Gasteiger partial charge in [0.15, 0.2) is 5.82 Å². The number of imidazole rings is 1. The molecule has 5 aromatic heterocycles. The maximum atomic E-state index is 16.0. The third-order valence-electron chi connectivity index (χ3n) is 5.90. The molecule has 36 heavy (non-hydrogen) atoms. The van der Waals surface area contributed by atoms with Gasteiger partial charge in [0, 0.05) is 47.9 Å². The lowest BCUT2D eigenvalue weighted by molar-refractivity contribution is -0.115. The van der Waals surface area contributed by atoms with Crippen molar-refractivity contribution >= 4 is 33.5 Å². The molecule has 1 amide bonds. The molecule has 0 fully saturated rings. The van der Waals surface area contributed by atoms with Crippen molar-refractivity contribution in [2.45, 2.75) is 13.3 Å². The van der Waals surface area contributed by atoms with Crippen molar-refractivity contribution in [2.75, 3.05) is 5.32 Å². The zero-order valence-corrected chi connectivity index (χ0v) is 19.1. The number of pyridine rings is 3. The van der Waals surface area contributed by atoms with Gasteiger partial charge >= 0.3 is 0 Å². The zero-order valence-electron chi connectivity index (χ0n) is 19.1. The Labute approximate surface area is 203 Å². The standard InChI is InChI=1S/C26H19FN8O/c1-2-20(36)31-16-11-15(12-29-13-16)17-3-4-18-21(22(17)27)25(35-34-18)26-32-19-7-10-30-23(24(19)33-26)14-5-8-28-9-6-14/h3-13H,2H2,1H3,(H,31,36)(H,32,33)(H,34,35). The smallest absolute Gasteiger partial charge is 0.224 e. The van der Waals surface area contributed by atoms with Crippen LogP contribution in [0.5, 0.6) is 0 Å². The van der Waals surface area contributed by atoms with Crippen molar-refractivity contribution < 1.29 is 9.18 Å². The molecule has 176 valence electrons. The quantitative estimate of drug-likeness (QED) is 0.316. The minimum atomic E-state index is -0.468. The topological polar surface area (TPSA) is 125 Å². The summed E-state index contributed by atoms with van der Waals surface area (Å²) in [6.45, 7) is 1.76. The van der Waals surface area contributed by atoms with Crippen LogP contribution in [-0.4, -0.2) is 41.0 Å². The van der Waals surface area contributed by atoms with Crippen LogP contribution in [0.25, 0.3) is 55.8 Å². The number of amides is 1. The first-order valence-electron chi connectivity index (χ1n) is 11.3. The van der Waals surface area contributed by atoms with Crippen LogP contribution in [0.2, 0.25) is 0 Å². The van der Waals surface area contributed by atoms with Crippen LogP contribution in [0, 0.1) is 5.82 Å². The highest BCUT2D eigenvalue weighted by atomic mass is 19.1. The number of halogens is 1. The van der Waals surface area contributed by atoms with Gasteiger partial charge < -0.3 is 10.3 Å². The molecule has 0 saturated heterocycles. The second kappa shape index (κ2) is 8.66. The first kappa shape index (κ1) is 21.5. The molecular weight excluding hydrogens is 459 g/mol. The summed E-state index contributed by atoms with van der Waals surface area (Å²) in [7, 11) is 0. The Morgan fingerprint density at radius 3 is 2.67 bits per heavy atom. The molecule has 0 radical (unpaired) electrons. The number of aromatic amines is 2. The van der Waals surface area contributed by atoms with E-state index < -0.39 is 5.82 Å². The van der Waals surface area contributed by atoms with Gasteiger partial charge in [0.2, 0.25) is 5.91 Å². The van der Waals surface area contributed by atoms with Crippen LogP contribution < -0.4 is 5.32 Å². The van der Waals surface area contributed by atoms with Crippen molar-refractivity contribution in [3.63, 3.8) is 0 Å². The Hall–Kier alpha value is -4.99. The van der Waals surface area contributed by atoms with Crippen molar-refractivity contribution in [1.29, 1.82) is 0 Å². The van der Waals surface area contributed by atoms with E-state index in [0.29, 0.717) is 56.9 Å². The summed E-state index contributed by atoms with van der Waals surface area (Å²) in [6.07, 6.45) is 8.49. The number of H-pyrrole nitrogens is 2. The summed E-state index contributed by atoms with van der Waals surface area (Å²) in [6, 6.07) is 10.6. The Kier molecular flexibility index (Phi) is 5.18. The van der Waals surface area contributed by atoms with Gasteiger partial charge in [0.1, 0.15) is 17.0 Å². The summed E-state index contributed by atoms with van der Waals surface area (Å²) in [5.74, 6) is -0.199. The van der Waals surface area contributed by atoms with Crippen molar-refractivity contribution in [1.82, 2.24) is 35.1 Å². The van der Waals surface area contributed by atoms with Crippen molar-refractivity contribution in [2.24, 2.45) is 0 Å². The van der Waals surface area contributed by atoms with E-state index in [4.69, 9.17) is 4.98 Å². The highest BCUT2D eigenvalue weighted by Crippen LogP contribution is 2.35. The van der Waals surface area contributed by atoms with Crippen molar-refractivity contribution in [3.8, 4) is 33.9 Å². The van der Waals surface area contributed by atoms with Crippen LogP contribution in [-0.2, 0) is 4.79 Å². The van der Waals surface area contributed by atoms with Gasteiger partial charge in [-0.15, -0.1) is 0 Å². The Morgan fingerprint density at radius 1 is 0.972 bits per heavy atom. The average Bonchev–Trinajstić information content (AvgIpc) is 3.54. The van der Waals surface area contributed by atoms with Crippen LogP contribution in [0.3, 0.4) is 0 Å². The van der Waals surface area contributed by atoms with Crippen LogP contribution in [0.4, 0.5) is 10.1 Å². The second-order valence-electron chi connectivity index (χ2n) is 8.16. The molecule has 0 atom stereocenters. The minimum absolute atomic E-state index is 0.146. The van der Waals surface area contributed by atoms with E-state index in [1.54, 1.807) is 49.9 Å². The average molecular weight is 478 g/mol. The highest BCUT2D eigenvalue weighted by Gasteiger charge is 2.20. The molecule has 0 spiro atoms. The molecule has 10 heteroatoms. The lowest BCUT2D eigenvalue weighted by Crippen LogP contribution is -2.09. The van der Waals surface area contributed by atoms with Gasteiger partial charge in [-0.2, -0.15) is 5.10 Å². The van der Waals surface area contributed by atoms with Crippen molar-refractivity contribution in [3.05, 3.63) is 73.2 Å². The zero-order chi connectivity index (χ0) is 24.6. The van der Waals surface area contributed by atoms with Gasteiger partial charge in [-0.3, -0.25) is 24.8 Å². The molecule has 0 aliphatic rings. The van der Waals surface area contributed by atoms with Gasteiger partial charge in [-0.25, -0.2) is 9.37 Å². The molecule has 0 aliphatic carbocycles. The van der Waals surface area contributed by atoms with Gasteiger partial charge in [-0.05, 0) is 36.4 Å². The third kappa shape index (κ3) is 3.65. The van der Waals surface area contributed by atoms with E-state index in [1.807, 2.05) is 18.2 Å². The molecular formula is C26H19FN8O. The number of anilines is 1. The Bertz CT molecular complexity index is 1740. The lowest BCUT2D eigenvalue weighted by atomic mass is 10.0. The van der Waals surface area contributed by atoms with E-state index in [1.165, 1.54) is 6.20 Å². The molecule has 0 unspecified atom stereocenters. The van der Waals surface area contributed by atoms with Crippen LogP contribution in [0.15, 0.2) is 67.4 Å². The number of carbonyl (C=O) groups excluding carboxylic acids is 1. The first-order valence-corrected chi connectivity index (χ1v) is 11.3. The SMILES string of the molecule is CCC(=O)Nc1cncc(-c2ccc3[nH]nc(-c4nc5c(-c6ccncc6)nccc5[nH]4)c3c2F)c1. The number of aromatic nitrogens is 7. The molecule has 3 N–H and O–H groups in total. The third-order valence-corrected chi connectivity index (χ3v) is 5.90. The molecule has 0 bridgehead atoms. The van der Waals surface area contributed by atoms with Gasteiger partial charge in [0.05, 0.1) is 34.0 Å². The maximum absolute atomic E-state index is 16.0. The highest BCUT2D eigenvalue weighted by molar-refractivity contribution is 5.98. The number of rotatable bonds is 5. The molecule has 9 nitrogen and oxygen atoms in total. The summed E-state index contributed by atoms with van der Waals surface area (Å²) in [5, 5.41) is 10.3. The molecule has 6 rings (SSSR count). The molecule has 1 aromatic carbocycles. The van der Waals surface area contributed by atoms with Crippen LogP contribution >= 0.6 is 0 Å². The van der Waals surface area contributed by atoms with E-state index >= 15 is 4.39 Å². The predicted molar refractivity (Wildman–Crippen MR) is 134 cm³/mol. The maximum Gasteiger partial charge on any atom is 0.224 e. The summed E-state index contributed by atoms with van der Waals surface area (Å²) in [5.41, 5.74) is 5.21. The summed E-state index contributed by atoms with van der Waals surface area (Å²) >= 11 is 0. The molecule has 0 aliphatic heterocycles. The predicted octanol–water partition coefficient (Wildman–Crippen LogP) is 5.11. The fourth-order valence-electron chi connectivity index (χ4n) is 4.14. The minimum Gasteiger partial charge on any atom is -0.336 e. The fourth-order valence-corrected chi connectivity index (χ4v) is 4.14. The van der Waals surface area contributed by atoms with E-state index in [0.717, 1.165) is 11.1 Å². The molecule has 0 saturated carbocycles. The largest absolute Gasteiger partial charge is 0.336 e. The van der Waals surface area contributed by atoms with Gasteiger partial charge in [0.25, 0.3) is 0 Å². The normalized spacial score (nSPS) is 11.3. The van der Waals surface area contributed by atoms with E-state index in [9.17, 15) is 4.79 Å². The Morgan fingerprint density at radius 2 is 1.83 bits per heavy atom. The van der Waals surface area contributed by atoms with E-state index in [-0.39, 0.29) is 5.91 Å². The second-order valence-corrected chi connectivity index (χ2v) is 8.16. The summed E-state index contributed by atoms with van der Waals surface area (Å²) < 4.78 is 16.0. The fraction of sp³-hybridized carbons (Fsp3) is 0.0769. The van der Waals surface area contributed by atoms with Gasteiger partial charge in [-0.1, -0.05) is 6.92 Å². The first-order chi connectivity index (χ1) is 17.6. The number of carbonyl (C=O) groups is 1. The number of nitrogens with one attached hydrogen (secondary N) is 3. The summed E-state index contributed by atoms with van der Waals surface area (Å²) in [4.78, 5) is 32.5. The number of hydrogen-bond donors (Lipinski definition) is 3.